The van der Waals surface area contributed by atoms with Crippen LogP contribution >= 0.6 is 0 Å². The Morgan fingerprint density at radius 1 is 1.15 bits per heavy atom. The highest BCUT2D eigenvalue weighted by Gasteiger charge is 2.02. The molecule has 1 aliphatic heterocycles. The predicted molar refractivity (Wildman–Crippen MR) is 77.6 cm³/mol. The van der Waals surface area contributed by atoms with E-state index >= 15 is 0 Å². The minimum atomic E-state index is -0.196. The molecule has 1 amide bonds. The second-order valence-electron chi connectivity index (χ2n) is 4.03. The van der Waals surface area contributed by atoms with Crippen molar-refractivity contribution in [3.63, 3.8) is 0 Å². The summed E-state index contributed by atoms with van der Waals surface area (Å²) < 4.78 is 5.00. The molecular weight excluding hydrogens is 250 g/mol. The fraction of sp³-hybridized carbons (Fsp3) is 0.0588. The summed E-state index contributed by atoms with van der Waals surface area (Å²) in [5, 5.41) is 1.56. The van der Waals surface area contributed by atoms with Crippen molar-refractivity contribution in [2.24, 2.45) is 4.99 Å². The Hall–Kier alpha value is -2.86. The molecule has 2 aromatic rings. The summed E-state index contributed by atoms with van der Waals surface area (Å²) in [5.74, 6) is 3.08. The average molecular weight is 263 g/mol. The van der Waals surface area contributed by atoms with E-state index < -0.39 is 0 Å². The number of amides is 1. The lowest BCUT2D eigenvalue weighted by Crippen LogP contribution is -2.20. The summed E-state index contributed by atoms with van der Waals surface area (Å²) in [7, 11) is 1.59. The topological polar surface area (TPSA) is 38.7 Å². The van der Waals surface area contributed by atoms with Crippen LogP contribution in [0.2, 0.25) is 0 Å². The predicted octanol–water partition coefficient (Wildman–Crippen LogP) is 1.30. The maximum absolute atomic E-state index is 10.8. The van der Waals surface area contributed by atoms with Crippen LogP contribution in [-0.2, 0) is 4.79 Å². The third-order valence-corrected chi connectivity index (χ3v) is 2.68. The van der Waals surface area contributed by atoms with E-state index in [1.54, 1.807) is 25.3 Å². The Morgan fingerprint density at radius 2 is 1.90 bits per heavy atom. The van der Waals surface area contributed by atoms with Crippen LogP contribution in [0, 0.1) is 12.3 Å². The lowest BCUT2D eigenvalue weighted by molar-refractivity contribution is -0.112. The van der Waals surface area contributed by atoms with Crippen molar-refractivity contribution in [1.29, 1.82) is 0 Å². The molecule has 2 aromatic carbocycles. The molecule has 3 nitrogen and oxygen atoms in total. The van der Waals surface area contributed by atoms with Gasteiger partial charge < -0.3 is 4.74 Å². The van der Waals surface area contributed by atoms with Crippen LogP contribution in [0.4, 0.5) is 0 Å². The molecule has 0 bridgehead atoms. The van der Waals surface area contributed by atoms with Crippen molar-refractivity contribution < 1.29 is 9.53 Å². The Labute approximate surface area is 117 Å². The van der Waals surface area contributed by atoms with Crippen LogP contribution in [0.3, 0.4) is 0 Å². The van der Waals surface area contributed by atoms with E-state index in [0.717, 1.165) is 21.9 Å². The zero-order valence-electron chi connectivity index (χ0n) is 11.0. The lowest BCUT2D eigenvalue weighted by atomic mass is 10.2. The van der Waals surface area contributed by atoms with Gasteiger partial charge in [-0.1, -0.05) is 24.1 Å². The van der Waals surface area contributed by atoms with Crippen LogP contribution in [0.5, 0.6) is 5.75 Å². The van der Waals surface area contributed by atoms with Gasteiger partial charge in [-0.25, -0.2) is 4.99 Å². The molecule has 0 radical (unpaired) electrons. The van der Waals surface area contributed by atoms with Gasteiger partial charge in [0, 0.05) is 16.9 Å². The first kappa shape index (κ1) is 13.6. The van der Waals surface area contributed by atoms with E-state index in [1.807, 2.05) is 30.3 Å². The largest absolute Gasteiger partial charge is 0.497 e. The summed E-state index contributed by atoms with van der Waals surface area (Å²) >= 11 is 0. The van der Waals surface area contributed by atoms with Gasteiger partial charge >= 0.3 is 0 Å². The summed E-state index contributed by atoms with van der Waals surface area (Å²) in [4.78, 5) is 14.6. The maximum atomic E-state index is 10.8. The van der Waals surface area contributed by atoms with Gasteiger partial charge in [-0.05, 0) is 30.3 Å². The third kappa shape index (κ3) is 3.33. The third-order valence-electron chi connectivity index (χ3n) is 2.68. The van der Waals surface area contributed by atoms with Gasteiger partial charge in [0.15, 0.2) is 0 Å². The molecule has 0 fully saturated rings. The summed E-state index contributed by atoms with van der Waals surface area (Å²) in [6.07, 6.45) is 6.60. The molecule has 0 saturated carbocycles. The number of ether oxygens (including phenoxy) is 1. The molecule has 0 atom stereocenters. The van der Waals surface area contributed by atoms with Gasteiger partial charge in [-0.2, -0.15) is 0 Å². The van der Waals surface area contributed by atoms with Crippen LogP contribution in [-0.4, -0.2) is 13.0 Å². The number of fused-ring (bicyclic) bond motifs is 1. The smallest absolute Gasteiger partial charge is 0.270 e. The molecule has 1 heterocycles. The molecule has 3 heteroatoms. The number of rotatable bonds is 1. The van der Waals surface area contributed by atoms with Gasteiger partial charge in [-0.15, -0.1) is 6.42 Å². The van der Waals surface area contributed by atoms with Gasteiger partial charge in [-0.3, -0.25) is 4.79 Å². The number of carbonyl (C=O) groups excluding carboxylic acids is 1. The second kappa shape index (κ2) is 6.35. The van der Waals surface area contributed by atoms with Crippen LogP contribution in [0.15, 0.2) is 53.5 Å². The summed E-state index contributed by atoms with van der Waals surface area (Å²) in [6.45, 7) is 0. The summed E-state index contributed by atoms with van der Waals surface area (Å²) in [6, 6.07) is 15.0. The fourth-order valence-electron chi connectivity index (χ4n) is 1.70. The van der Waals surface area contributed by atoms with Gasteiger partial charge in [0.25, 0.3) is 5.91 Å². The molecule has 0 spiro atoms. The van der Waals surface area contributed by atoms with Crippen molar-refractivity contribution in [2.75, 3.05) is 7.11 Å². The minimum Gasteiger partial charge on any atom is -0.497 e. The molecule has 0 aliphatic carbocycles. The van der Waals surface area contributed by atoms with Crippen molar-refractivity contribution in [2.45, 2.75) is 0 Å². The first-order chi connectivity index (χ1) is 9.72. The highest BCUT2D eigenvalue weighted by atomic mass is 16.5. The molecular formula is C17H13NO2. The number of methoxy groups -OCH3 is 1. The van der Waals surface area contributed by atoms with Crippen molar-refractivity contribution in [3.8, 4) is 18.1 Å². The Balaban J connectivity index is 0.000000160. The number of hydrogen-bond acceptors (Lipinski definition) is 2. The van der Waals surface area contributed by atoms with Gasteiger partial charge in [0.1, 0.15) is 5.75 Å². The van der Waals surface area contributed by atoms with E-state index in [0.29, 0.717) is 0 Å². The standard InChI is InChI=1S/C9H7NO2.C8H6/c1-12-7-2-3-8-6(4-7)5-9(11)10-8;1-2-8-6-4-3-5-7-8/h2-5H,1H3;1,3-7H. The number of carbonyl (C=O) groups is 1. The van der Waals surface area contributed by atoms with Crippen LogP contribution < -0.4 is 15.3 Å². The molecule has 0 N–H and O–H groups in total. The number of nitrogens with zero attached hydrogens (tertiary/aromatic N) is 1. The Bertz CT molecular complexity index is 771. The molecule has 20 heavy (non-hydrogen) atoms. The SMILES string of the molecule is C#Cc1ccccc1.COc1ccc2c(c1)=CC(=O)N=2. The molecule has 0 aromatic heterocycles. The fourth-order valence-corrected chi connectivity index (χ4v) is 1.70. The van der Waals surface area contributed by atoms with Gasteiger partial charge in [0.05, 0.1) is 12.5 Å². The minimum absolute atomic E-state index is 0.196. The number of terminal acetylenes is 1. The Kier molecular flexibility index (Phi) is 4.31. The molecule has 3 rings (SSSR count). The molecule has 0 unspecified atom stereocenters. The maximum Gasteiger partial charge on any atom is 0.270 e. The van der Waals surface area contributed by atoms with Crippen LogP contribution in [0.25, 0.3) is 6.08 Å². The zero-order chi connectivity index (χ0) is 14.4. The highest BCUT2D eigenvalue weighted by Crippen LogP contribution is 2.02. The van der Waals surface area contributed by atoms with Gasteiger partial charge in [0.2, 0.25) is 0 Å². The van der Waals surface area contributed by atoms with E-state index in [4.69, 9.17) is 11.2 Å². The normalized spacial score (nSPS) is 11.1. The quantitative estimate of drug-likeness (QED) is 0.727. The average Bonchev–Trinajstić information content (AvgIpc) is 2.87. The van der Waals surface area contributed by atoms with Crippen molar-refractivity contribution in [3.05, 3.63) is 64.7 Å². The van der Waals surface area contributed by atoms with Crippen LogP contribution in [0.1, 0.15) is 5.56 Å². The molecule has 98 valence electrons. The van der Waals surface area contributed by atoms with E-state index in [-0.39, 0.29) is 5.91 Å². The van der Waals surface area contributed by atoms with E-state index in [1.165, 1.54) is 6.08 Å². The zero-order valence-corrected chi connectivity index (χ0v) is 11.0. The first-order valence-electron chi connectivity index (χ1n) is 6.03. The lowest BCUT2D eigenvalue weighted by Gasteiger charge is -1.95. The molecule has 0 saturated heterocycles. The molecule has 1 aliphatic rings. The monoisotopic (exact) mass is 263 g/mol. The first-order valence-corrected chi connectivity index (χ1v) is 6.03. The van der Waals surface area contributed by atoms with E-state index in [2.05, 4.69) is 10.9 Å². The Morgan fingerprint density at radius 3 is 2.50 bits per heavy atom. The second-order valence-corrected chi connectivity index (χ2v) is 4.03. The summed E-state index contributed by atoms with van der Waals surface area (Å²) in [5.41, 5.74) is 0.938. The highest BCUT2D eigenvalue weighted by molar-refractivity contribution is 6.06. The number of hydrogen-bond donors (Lipinski definition) is 0. The van der Waals surface area contributed by atoms with E-state index in [9.17, 15) is 4.79 Å². The van der Waals surface area contributed by atoms with Crippen molar-refractivity contribution >= 4 is 12.0 Å². The van der Waals surface area contributed by atoms with Crippen molar-refractivity contribution in [1.82, 2.24) is 0 Å². The number of benzene rings is 2.